The molecule has 6 nitrogen and oxygen atoms in total. The first kappa shape index (κ1) is 18.0. The number of likely N-dealkylation sites (tertiary alicyclic amines) is 1. The maximum absolute atomic E-state index is 12.7. The van der Waals surface area contributed by atoms with E-state index in [-0.39, 0.29) is 17.7 Å². The molecule has 0 spiro atoms. The molecule has 138 valence electrons. The Morgan fingerprint density at radius 2 is 1.96 bits per heavy atom. The van der Waals surface area contributed by atoms with Crippen LogP contribution in [0.15, 0.2) is 0 Å². The van der Waals surface area contributed by atoms with Crippen molar-refractivity contribution in [3.8, 4) is 0 Å². The van der Waals surface area contributed by atoms with Crippen LogP contribution in [0.25, 0.3) is 0 Å². The number of rotatable bonds is 5. The number of carbonyl (C=O) groups excluding carboxylic acids is 2. The summed E-state index contributed by atoms with van der Waals surface area (Å²) >= 11 is 0. The maximum Gasteiger partial charge on any atom is 0.225 e. The van der Waals surface area contributed by atoms with E-state index in [2.05, 4.69) is 17.3 Å². The molecule has 1 aliphatic carbocycles. The van der Waals surface area contributed by atoms with E-state index in [1.807, 2.05) is 23.4 Å². The molecule has 2 amide bonds. The summed E-state index contributed by atoms with van der Waals surface area (Å²) in [6.45, 7) is 8.04. The quantitative estimate of drug-likeness (QED) is 0.890. The molecule has 1 aromatic rings. The Kier molecular flexibility index (Phi) is 5.45. The molecule has 1 saturated heterocycles. The molecule has 1 aromatic heterocycles. The average molecular weight is 346 g/mol. The van der Waals surface area contributed by atoms with Crippen LogP contribution in [0.3, 0.4) is 0 Å². The average Bonchev–Trinajstić information content (AvgIpc) is 3.22. The first-order valence-electron chi connectivity index (χ1n) is 9.61. The zero-order chi connectivity index (χ0) is 18.0. The normalized spacial score (nSPS) is 21.8. The fourth-order valence-corrected chi connectivity index (χ4v) is 4.27. The Morgan fingerprint density at radius 1 is 1.24 bits per heavy atom. The predicted octanol–water partition coefficient (Wildman–Crippen LogP) is 2.32. The second-order valence-electron chi connectivity index (χ2n) is 7.40. The first-order chi connectivity index (χ1) is 12.0. The Labute approximate surface area is 149 Å². The van der Waals surface area contributed by atoms with Crippen LogP contribution in [0, 0.1) is 19.8 Å². The Bertz CT molecular complexity index is 646. The minimum atomic E-state index is -0.0832. The number of nitrogens with zero attached hydrogens (tertiary/aromatic N) is 3. The number of hydrogen-bond donors (Lipinski definition) is 1. The van der Waals surface area contributed by atoms with Gasteiger partial charge in [-0.2, -0.15) is 5.10 Å². The number of aryl methyl sites for hydroxylation is 2. The minimum Gasteiger partial charge on any atom is -0.352 e. The fraction of sp³-hybridized carbons (Fsp3) is 0.737. The van der Waals surface area contributed by atoms with Gasteiger partial charge >= 0.3 is 0 Å². The van der Waals surface area contributed by atoms with Crippen molar-refractivity contribution in [3.05, 3.63) is 17.0 Å². The largest absolute Gasteiger partial charge is 0.352 e. The summed E-state index contributed by atoms with van der Waals surface area (Å²) in [5, 5.41) is 7.59. The standard InChI is InChI=1S/C19H30N4O2/c1-4-23-14(3)17(13(2)21-23)11-20-19(25)15-9-10-18(24)22(12-15)16-7-5-6-8-16/h15-16H,4-12H2,1-3H3,(H,20,25). The van der Waals surface area contributed by atoms with Crippen LogP contribution in [0.5, 0.6) is 0 Å². The van der Waals surface area contributed by atoms with Gasteiger partial charge in [-0.05, 0) is 40.0 Å². The van der Waals surface area contributed by atoms with Crippen LogP contribution in [0.1, 0.15) is 62.4 Å². The van der Waals surface area contributed by atoms with Gasteiger partial charge in [0.1, 0.15) is 0 Å². The van der Waals surface area contributed by atoms with Crippen LogP contribution in [-0.4, -0.2) is 39.1 Å². The van der Waals surface area contributed by atoms with E-state index >= 15 is 0 Å². The lowest BCUT2D eigenvalue weighted by atomic mass is 9.94. The molecule has 2 heterocycles. The van der Waals surface area contributed by atoms with Gasteiger partial charge in [0.2, 0.25) is 11.8 Å². The molecule has 1 aliphatic heterocycles. The molecule has 0 aromatic carbocycles. The van der Waals surface area contributed by atoms with Gasteiger partial charge in [-0.15, -0.1) is 0 Å². The molecule has 25 heavy (non-hydrogen) atoms. The molecular weight excluding hydrogens is 316 g/mol. The van der Waals surface area contributed by atoms with Crippen molar-refractivity contribution >= 4 is 11.8 Å². The highest BCUT2D eigenvalue weighted by Gasteiger charge is 2.35. The molecular formula is C19H30N4O2. The Balaban J connectivity index is 1.59. The van der Waals surface area contributed by atoms with Crippen LogP contribution in [0.4, 0.5) is 0 Å². The zero-order valence-corrected chi connectivity index (χ0v) is 15.7. The van der Waals surface area contributed by atoms with Crippen LogP contribution >= 0.6 is 0 Å². The summed E-state index contributed by atoms with van der Waals surface area (Å²) in [6.07, 6.45) is 5.75. The van der Waals surface area contributed by atoms with Gasteiger partial charge in [0.15, 0.2) is 0 Å². The first-order valence-corrected chi connectivity index (χ1v) is 9.61. The lowest BCUT2D eigenvalue weighted by molar-refractivity contribution is -0.140. The van der Waals surface area contributed by atoms with Crippen molar-refractivity contribution in [1.29, 1.82) is 0 Å². The van der Waals surface area contributed by atoms with Gasteiger partial charge in [0, 0.05) is 43.4 Å². The smallest absolute Gasteiger partial charge is 0.225 e. The zero-order valence-electron chi connectivity index (χ0n) is 15.7. The molecule has 2 aliphatic rings. The highest BCUT2D eigenvalue weighted by atomic mass is 16.2. The number of carbonyl (C=O) groups is 2. The van der Waals surface area contributed by atoms with Crippen molar-refractivity contribution < 1.29 is 9.59 Å². The highest BCUT2D eigenvalue weighted by molar-refractivity contribution is 5.84. The summed E-state index contributed by atoms with van der Waals surface area (Å²) in [5.74, 6) is 0.213. The number of nitrogens with one attached hydrogen (secondary N) is 1. The van der Waals surface area contributed by atoms with Gasteiger partial charge in [0.05, 0.1) is 11.6 Å². The molecule has 0 radical (unpaired) electrons. The molecule has 1 unspecified atom stereocenters. The van der Waals surface area contributed by atoms with Gasteiger partial charge < -0.3 is 10.2 Å². The Morgan fingerprint density at radius 3 is 2.60 bits per heavy atom. The van der Waals surface area contributed by atoms with Gasteiger partial charge in [-0.3, -0.25) is 14.3 Å². The summed E-state index contributed by atoms with van der Waals surface area (Å²) in [7, 11) is 0. The summed E-state index contributed by atoms with van der Waals surface area (Å²) in [5.41, 5.74) is 3.20. The van der Waals surface area contributed by atoms with Crippen molar-refractivity contribution in [2.75, 3.05) is 6.54 Å². The van der Waals surface area contributed by atoms with E-state index in [1.54, 1.807) is 0 Å². The fourth-order valence-electron chi connectivity index (χ4n) is 4.27. The van der Waals surface area contributed by atoms with Crippen LogP contribution < -0.4 is 5.32 Å². The number of piperidine rings is 1. The topological polar surface area (TPSA) is 67.2 Å². The predicted molar refractivity (Wildman–Crippen MR) is 95.9 cm³/mol. The molecule has 0 bridgehead atoms. The second-order valence-corrected chi connectivity index (χ2v) is 7.40. The minimum absolute atomic E-state index is 0.0681. The summed E-state index contributed by atoms with van der Waals surface area (Å²) < 4.78 is 1.97. The molecule has 1 saturated carbocycles. The van der Waals surface area contributed by atoms with Gasteiger partial charge in [-0.25, -0.2) is 0 Å². The third kappa shape index (κ3) is 3.72. The van der Waals surface area contributed by atoms with Gasteiger partial charge in [-0.1, -0.05) is 12.8 Å². The highest BCUT2D eigenvalue weighted by Crippen LogP contribution is 2.28. The Hall–Kier alpha value is -1.85. The maximum atomic E-state index is 12.7. The van der Waals surface area contributed by atoms with E-state index < -0.39 is 0 Å². The molecule has 1 atom stereocenters. The van der Waals surface area contributed by atoms with Crippen molar-refractivity contribution in [2.24, 2.45) is 5.92 Å². The third-order valence-electron chi connectivity index (χ3n) is 5.85. The lowest BCUT2D eigenvalue weighted by Crippen LogP contribution is -2.49. The molecule has 1 N–H and O–H groups in total. The summed E-state index contributed by atoms with van der Waals surface area (Å²) in [4.78, 5) is 26.9. The molecule has 6 heteroatoms. The van der Waals surface area contributed by atoms with Crippen molar-refractivity contribution in [2.45, 2.75) is 78.4 Å². The SMILES string of the molecule is CCn1nc(C)c(CNC(=O)C2CCC(=O)N(C3CCCC3)C2)c1C. The van der Waals surface area contributed by atoms with Crippen LogP contribution in [0.2, 0.25) is 0 Å². The van der Waals surface area contributed by atoms with E-state index in [1.165, 1.54) is 12.8 Å². The van der Waals surface area contributed by atoms with E-state index in [4.69, 9.17) is 0 Å². The monoisotopic (exact) mass is 346 g/mol. The molecule has 3 rings (SSSR count). The van der Waals surface area contributed by atoms with E-state index in [0.717, 1.165) is 36.3 Å². The van der Waals surface area contributed by atoms with Crippen LogP contribution in [-0.2, 0) is 22.7 Å². The van der Waals surface area contributed by atoms with E-state index in [9.17, 15) is 9.59 Å². The lowest BCUT2D eigenvalue weighted by Gasteiger charge is -2.36. The van der Waals surface area contributed by atoms with E-state index in [0.29, 0.717) is 32.0 Å². The van der Waals surface area contributed by atoms with Crippen molar-refractivity contribution in [3.63, 3.8) is 0 Å². The second kappa shape index (κ2) is 7.58. The number of aromatic nitrogens is 2. The third-order valence-corrected chi connectivity index (χ3v) is 5.85. The summed E-state index contributed by atoms with van der Waals surface area (Å²) in [6, 6.07) is 0.357. The number of hydrogen-bond acceptors (Lipinski definition) is 3. The molecule has 2 fully saturated rings. The van der Waals surface area contributed by atoms with Crippen molar-refractivity contribution in [1.82, 2.24) is 20.0 Å². The number of amides is 2. The van der Waals surface area contributed by atoms with Gasteiger partial charge in [0.25, 0.3) is 0 Å².